The van der Waals surface area contributed by atoms with Gasteiger partial charge in [0.15, 0.2) is 0 Å². The van der Waals surface area contributed by atoms with Gasteiger partial charge in [-0.05, 0) is 40.8 Å². The van der Waals surface area contributed by atoms with Crippen LogP contribution in [0, 0.1) is 5.82 Å². The third-order valence-corrected chi connectivity index (χ3v) is 5.87. The Kier molecular flexibility index (Phi) is 6.96. The van der Waals surface area contributed by atoms with E-state index in [1.54, 1.807) is 43.4 Å². The van der Waals surface area contributed by atoms with Crippen LogP contribution < -0.4 is 4.72 Å². The first kappa shape index (κ1) is 22.0. The zero-order chi connectivity index (χ0) is 20.9. The highest BCUT2D eigenvalue weighted by atomic mass is 32.2. The van der Waals surface area contributed by atoms with Gasteiger partial charge in [-0.25, -0.2) is 17.5 Å². The van der Waals surface area contributed by atoms with Gasteiger partial charge in [-0.3, -0.25) is 4.79 Å². The van der Waals surface area contributed by atoms with Gasteiger partial charge in [0, 0.05) is 26.6 Å². The summed E-state index contributed by atoms with van der Waals surface area (Å²) in [7, 11) is -2.07. The van der Waals surface area contributed by atoms with Crippen LogP contribution in [0.1, 0.15) is 38.3 Å². The molecule has 0 aliphatic carbocycles. The van der Waals surface area contributed by atoms with Crippen LogP contribution in [0.2, 0.25) is 0 Å². The number of sulfonamides is 1. The Morgan fingerprint density at radius 3 is 2.32 bits per heavy atom. The number of hydrogen-bond donors (Lipinski definition) is 1. The fourth-order valence-electron chi connectivity index (χ4n) is 2.70. The lowest BCUT2D eigenvalue weighted by molar-refractivity contribution is -0.130. The first-order chi connectivity index (χ1) is 13.0. The zero-order valence-corrected chi connectivity index (χ0v) is 17.5. The summed E-state index contributed by atoms with van der Waals surface area (Å²) in [5, 5.41) is 0. The topological polar surface area (TPSA) is 66.5 Å². The highest BCUT2D eigenvalue weighted by Gasteiger charge is 2.18. The molecule has 0 aliphatic heterocycles. The van der Waals surface area contributed by atoms with Gasteiger partial charge in [0.05, 0.1) is 4.90 Å². The van der Waals surface area contributed by atoms with E-state index in [1.807, 2.05) is 0 Å². The SMILES string of the molecule is CN(Cc1cccc(F)c1)C(=O)CCNS(=O)(=O)c1ccc(C(C)(C)C)cc1. The van der Waals surface area contributed by atoms with Gasteiger partial charge in [0.1, 0.15) is 5.82 Å². The summed E-state index contributed by atoms with van der Waals surface area (Å²) in [6.07, 6.45) is 0.0190. The second-order valence-corrected chi connectivity index (χ2v) is 9.57. The molecule has 0 aliphatic rings. The second-order valence-electron chi connectivity index (χ2n) is 7.80. The van der Waals surface area contributed by atoms with Crippen LogP contribution in [0.25, 0.3) is 0 Å². The molecule has 0 heterocycles. The number of carbonyl (C=O) groups excluding carboxylic acids is 1. The first-order valence-corrected chi connectivity index (χ1v) is 10.6. The van der Waals surface area contributed by atoms with Crippen molar-refractivity contribution in [2.24, 2.45) is 0 Å². The Hall–Kier alpha value is -2.25. The van der Waals surface area contributed by atoms with Gasteiger partial charge in [-0.1, -0.05) is 45.0 Å². The average Bonchev–Trinajstić information content (AvgIpc) is 2.61. The van der Waals surface area contributed by atoms with Gasteiger partial charge >= 0.3 is 0 Å². The van der Waals surface area contributed by atoms with E-state index in [9.17, 15) is 17.6 Å². The van der Waals surface area contributed by atoms with Crippen molar-refractivity contribution < 1.29 is 17.6 Å². The molecule has 152 valence electrons. The molecule has 0 atom stereocenters. The Bertz CT molecular complexity index is 919. The molecule has 0 unspecified atom stereocenters. The molecule has 0 fully saturated rings. The zero-order valence-electron chi connectivity index (χ0n) is 16.7. The highest BCUT2D eigenvalue weighted by Crippen LogP contribution is 2.23. The molecule has 0 saturated carbocycles. The average molecular weight is 407 g/mol. The van der Waals surface area contributed by atoms with Gasteiger partial charge in [0.2, 0.25) is 15.9 Å². The summed E-state index contributed by atoms with van der Waals surface area (Å²) in [6, 6.07) is 12.8. The summed E-state index contributed by atoms with van der Waals surface area (Å²) >= 11 is 0. The maximum atomic E-state index is 13.2. The molecule has 1 amide bonds. The van der Waals surface area contributed by atoms with Crippen molar-refractivity contribution in [3.63, 3.8) is 0 Å². The summed E-state index contributed by atoms with van der Waals surface area (Å²) in [6.45, 7) is 6.43. The molecular weight excluding hydrogens is 379 g/mol. The fraction of sp³-hybridized carbons (Fsp3) is 0.381. The summed E-state index contributed by atoms with van der Waals surface area (Å²) in [5.74, 6) is -0.585. The number of nitrogens with zero attached hydrogens (tertiary/aromatic N) is 1. The minimum absolute atomic E-state index is 0.00429. The third kappa shape index (κ3) is 6.14. The maximum Gasteiger partial charge on any atom is 0.240 e. The lowest BCUT2D eigenvalue weighted by atomic mass is 9.87. The predicted molar refractivity (Wildman–Crippen MR) is 108 cm³/mol. The molecule has 0 saturated heterocycles. The molecule has 0 bridgehead atoms. The van der Waals surface area contributed by atoms with E-state index < -0.39 is 10.0 Å². The molecule has 5 nitrogen and oxygen atoms in total. The number of nitrogens with one attached hydrogen (secondary N) is 1. The van der Waals surface area contributed by atoms with E-state index in [0.717, 1.165) is 5.56 Å². The normalized spacial score (nSPS) is 12.0. The van der Waals surface area contributed by atoms with Crippen molar-refractivity contribution >= 4 is 15.9 Å². The highest BCUT2D eigenvalue weighted by molar-refractivity contribution is 7.89. The fourth-order valence-corrected chi connectivity index (χ4v) is 3.73. The number of benzene rings is 2. The standard InChI is InChI=1S/C21H27FN2O3S/c1-21(2,3)17-8-10-19(11-9-17)28(26,27)23-13-12-20(25)24(4)15-16-6-5-7-18(22)14-16/h5-11,14,23H,12-13,15H2,1-4H3. The largest absolute Gasteiger partial charge is 0.341 e. The number of rotatable bonds is 7. The molecule has 7 heteroatoms. The lowest BCUT2D eigenvalue weighted by Gasteiger charge is -2.19. The second kappa shape index (κ2) is 8.84. The molecule has 28 heavy (non-hydrogen) atoms. The van der Waals surface area contributed by atoms with E-state index in [1.165, 1.54) is 17.0 Å². The van der Waals surface area contributed by atoms with E-state index in [-0.39, 0.29) is 41.5 Å². The minimum Gasteiger partial charge on any atom is -0.341 e. The van der Waals surface area contributed by atoms with Crippen LogP contribution in [0.4, 0.5) is 4.39 Å². The van der Waals surface area contributed by atoms with Gasteiger partial charge in [-0.2, -0.15) is 0 Å². The van der Waals surface area contributed by atoms with Crippen molar-refractivity contribution in [1.29, 1.82) is 0 Å². The predicted octanol–water partition coefficient (Wildman–Crippen LogP) is 3.45. The Morgan fingerprint density at radius 1 is 1.11 bits per heavy atom. The number of halogens is 1. The Morgan fingerprint density at radius 2 is 1.75 bits per heavy atom. The molecule has 2 rings (SSSR count). The van der Waals surface area contributed by atoms with E-state index >= 15 is 0 Å². The molecule has 1 N–H and O–H groups in total. The molecule has 2 aromatic carbocycles. The summed E-state index contributed by atoms with van der Waals surface area (Å²) in [5.41, 5.74) is 1.66. The number of amides is 1. The summed E-state index contributed by atoms with van der Waals surface area (Å²) < 4.78 is 40.5. The van der Waals surface area contributed by atoms with Crippen LogP contribution in [0.3, 0.4) is 0 Å². The summed E-state index contributed by atoms with van der Waals surface area (Å²) in [4.78, 5) is 13.8. The number of hydrogen-bond acceptors (Lipinski definition) is 3. The Balaban J connectivity index is 1.89. The molecular formula is C21H27FN2O3S. The third-order valence-electron chi connectivity index (χ3n) is 4.40. The molecule has 0 aromatic heterocycles. The number of carbonyl (C=O) groups is 1. The van der Waals surface area contributed by atoms with Gasteiger partial charge < -0.3 is 4.90 Å². The molecule has 0 radical (unpaired) electrons. The van der Waals surface area contributed by atoms with Crippen molar-refractivity contribution in [2.45, 2.75) is 44.0 Å². The lowest BCUT2D eigenvalue weighted by Crippen LogP contribution is -2.32. The van der Waals surface area contributed by atoms with Crippen LogP contribution in [-0.4, -0.2) is 32.8 Å². The van der Waals surface area contributed by atoms with E-state index in [4.69, 9.17) is 0 Å². The van der Waals surface area contributed by atoms with Crippen LogP contribution in [0.15, 0.2) is 53.4 Å². The maximum absolute atomic E-state index is 13.2. The quantitative estimate of drug-likeness (QED) is 0.766. The van der Waals surface area contributed by atoms with Crippen molar-refractivity contribution in [1.82, 2.24) is 9.62 Å². The van der Waals surface area contributed by atoms with E-state index in [2.05, 4.69) is 25.5 Å². The van der Waals surface area contributed by atoms with Crippen molar-refractivity contribution in [3.05, 3.63) is 65.5 Å². The van der Waals surface area contributed by atoms with Gasteiger partial charge in [-0.15, -0.1) is 0 Å². The van der Waals surface area contributed by atoms with Crippen molar-refractivity contribution in [3.8, 4) is 0 Å². The Labute approximate surface area is 166 Å². The van der Waals surface area contributed by atoms with Crippen LogP contribution in [0.5, 0.6) is 0 Å². The first-order valence-electron chi connectivity index (χ1n) is 9.08. The van der Waals surface area contributed by atoms with Crippen LogP contribution >= 0.6 is 0 Å². The van der Waals surface area contributed by atoms with Crippen molar-refractivity contribution in [2.75, 3.05) is 13.6 Å². The molecule has 0 spiro atoms. The van der Waals surface area contributed by atoms with Gasteiger partial charge in [0.25, 0.3) is 0 Å². The van der Waals surface area contributed by atoms with Crippen LogP contribution in [-0.2, 0) is 26.8 Å². The van der Waals surface area contributed by atoms with E-state index in [0.29, 0.717) is 5.56 Å². The molecule has 2 aromatic rings. The minimum atomic E-state index is -3.68. The monoisotopic (exact) mass is 406 g/mol. The smallest absolute Gasteiger partial charge is 0.240 e.